The molecule has 1 fully saturated rings. The van der Waals surface area contributed by atoms with E-state index in [1.165, 1.54) is 24.1 Å². The van der Waals surface area contributed by atoms with Crippen molar-refractivity contribution >= 4 is 17.2 Å². The van der Waals surface area contributed by atoms with Crippen molar-refractivity contribution in [2.75, 3.05) is 19.6 Å². The highest BCUT2D eigenvalue weighted by Crippen LogP contribution is 2.29. The number of rotatable bonds is 7. The van der Waals surface area contributed by atoms with Crippen LogP contribution in [0.15, 0.2) is 78.2 Å². The quantitative estimate of drug-likeness (QED) is 0.585. The molecule has 1 aromatic heterocycles. The molecule has 0 saturated carbocycles. The Morgan fingerprint density at radius 1 is 0.862 bits per heavy atom. The van der Waals surface area contributed by atoms with Gasteiger partial charge in [-0.3, -0.25) is 9.69 Å². The number of nitrogens with one attached hydrogen (secondary N) is 1. The number of nitrogens with zero attached hydrogens (tertiary/aromatic N) is 1. The van der Waals surface area contributed by atoms with E-state index in [-0.39, 0.29) is 17.9 Å². The number of hydrogen-bond acceptors (Lipinski definition) is 3. The molecular weight excluding hydrogens is 376 g/mol. The molecule has 3 aromatic rings. The molecule has 29 heavy (non-hydrogen) atoms. The monoisotopic (exact) mass is 404 g/mol. The van der Waals surface area contributed by atoms with Crippen LogP contribution < -0.4 is 5.32 Å². The topological polar surface area (TPSA) is 32.3 Å². The van der Waals surface area contributed by atoms with Gasteiger partial charge in [0.15, 0.2) is 0 Å². The van der Waals surface area contributed by atoms with E-state index in [1.807, 2.05) is 60.7 Å². The Kier molecular flexibility index (Phi) is 6.75. The summed E-state index contributed by atoms with van der Waals surface area (Å²) in [4.78, 5) is 17.2. The van der Waals surface area contributed by atoms with Gasteiger partial charge in [-0.25, -0.2) is 0 Å². The van der Waals surface area contributed by atoms with E-state index in [0.29, 0.717) is 6.54 Å². The zero-order chi connectivity index (χ0) is 19.9. The molecule has 1 aliphatic heterocycles. The standard InChI is InChI=1S/C25H28N2OS/c28-25(24(20-11-4-1-5-12-20)21-13-6-2-7-14-21)26-19-22(23-15-10-18-29-23)27-16-8-3-9-17-27/h1-2,4-7,10-15,18,22,24H,3,8-9,16-17,19H2,(H,26,28). The first-order valence-corrected chi connectivity index (χ1v) is 11.4. The van der Waals surface area contributed by atoms with E-state index in [2.05, 4.69) is 27.7 Å². The van der Waals surface area contributed by atoms with Crippen LogP contribution in [0.4, 0.5) is 0 Å². The molecule has 1 aliphatic rings. The Bertz CT molecular complexity index is 834. The molecule has 1 atom stereocenters. The second-order valence-electron chi connectivity index (χ2n) is 7.63. The summed E-state index contributed by atoms with van der Waals surface area (Å²) >= 11 is 1.78. The normalized spacial score (nSPS) is 15.9. The van der Waals surface area contributed by atoms with Crippen molar-refractivity contribution < 1.29 is 4.79 Å². The molecule has 0 radical (unpaired) electrons. The van der Waals surface area contributed by atoms with Crippen LogP contribution >= 0.6 is 11.3 Å². The Morgan fingerprint density at radius 2 is 1.48 bits per heavy atom. The van der Waals surface area contributed by atoms with E-state index < -0.39 is 0 Å². The summed E-state index contributed by atoms with van der Waals surface area (Å²) < 4.78 is 0. The summed E-state index contributed by atoms with van der Waals surface area (Å²) in [6, 6.07) is 24.7. The number of carbonyl (C=O) groups is 1. The second-order valence-corrected chi connectivity index (χ2v) is 8.61. The zero-order valence-corrected chi connectivity index (χ0v) is 17.5. The van der Waals surface area contributed by atoms with Gasteiger partial charge in [0, 0.05) is 11.4 Å². The number of likely N-dealkylation sites (tertiary alicyclic amines) is 1. The molecule has 0 spiro atoms. The summed E-state index contributed by atoms with van der Waals surface area (Å²) in [5, 5.41) is 5.42. The summed E-state index contributed by atoms with van der Waals surface area (Å²) in [6.07, 6.45) is 3.79. The molecule has 0 bridgehead atoms. The van der Waals surface area contributed by atoms with E-state index in [0.717, 1.165) is 24.2 Å². The Morgan fingerprint density at radius 3 is 2.03 bits per heavy atom. The van der Waals surface area contributed by atoms with Gasteiger partial charge in [-0.1, -0.05) is 73.2 Å². The van der Waals surface area contributed by atoms with E-state index in [1.54, 1.807) is 11.3 Å². The van der Waals surface area contributed by atoms with Gasteiger partial charge in [0.2, 0.25) is 5.91 Å². The first-order chi connectivity index (χ1) is 14.3. The molecular formula is C25H28N2OS. The van der Waals surface area contributed by atoms with Gasteiger partial charge in [-0.05, 0) is 48.5 Å². The number of amides is 1. The molecule has 2 aromatic carbocycles. The fourth-order valence-electron chi connectivity index (χ4n) is 4.21. The van der Waals surface area contributed by atoms with Gasteiger partial charge in [-0.15, -0.1) is 11.3 Å². The van der Waals surface area contributed by atoms with Crippen molar-refractivity contribution in [3.8, 4) is 0 Å². The highest BCUT2D eigenvalue weighted by atomic mass is 32.1. The van der Waals surface area contributed by atoms with E-state index in [9.17, 15) is 4.79 Å². The molecule has 0 aliphatic carbocycles. The van der Waals surface area contributed by atoms with Crippen molar-refractivity contribution in [3.63, 3.8) is 0 Å². The highest BCUT2D eigenvalue weighted by molar-refractivity contribution is 7.10. The zero-order valence-electron chi connectivity index (χ0n) is 16.7. The molecule has 3 nitrogen and oxygen atoms in total. The average Bonchev–Trinajstić information content (AvgIpc) is 3.31. The van der Waals surface area contributed by atoms with Crippen molar-refractivity contribution in [1.29, 1.82) is 0 Å². The molecule has 2 heterocycles. The predicted octanol–water partition coefficient (Wildman–Crippen LogP) is 5.22. The number of piperidine rings is 1. The summed E-state index contributed by atoms with van der Waals surface area (Å²) in [6.45, 7) is 2.87. The summed E-state index contributed by atoms with van der Waals surface area (Å²) in [5.74, 6) is -0.219. The average molecular weight is 405 g/mol. The lowest BCUT2D eigenvalue weighted by Crippen LogP contribution is -2.41. The number of thiophene rings is 1. The van der Waals surface area contributed by atoms with Crippen LogP contribution in [0, 0.1) is 0 Å². The number of hydrogen-bond donors (Lipinski definition) is 1. The van der Waals surface area contributed by atoms with Crippen molar-refractivity contribution in [3.05, 3.63) is 94.2 Å². The third-order valence-electron chi connectivity index (χ3n) is 5.70. The van der Waals surface area contributed by atoms with Crippen LogP contribution in [0.25, 0.3) is 0 Å². The Hall–Kier alpha value is -2.43. The molecule has 4 rings (SSSR count). The number of benzene rings is 2. The molecule has 1 amide bonds. The van der Waals surface area contributed by atoms with Gasteiger partial charge in [0.1, 0.15) is 0 Å². The first-order valence-electron chi connectivity index (χ1n) is 10.5. The van der Waals surface area contributed by atoms with Gasteiger partial charge in [0.25, 0.3) is 0 Å². The maximum Gasteiger partial charge on any atom is 0.232 e. The third kappa shape index (κ3) is 4.95. The minimum Gasteiger partial charge on any atom is -0.353 e. The number of carbonyl (C=O) groups excluding carboxylic acids is 1. The van der Waals surface area contributed by atoms with E-state index in [4.69, 9.17) is 0 Å². The highest BCUT2D eigenvalue weighted by Gasteiger charge is 2.27. The summed E-state index contributed by atoms with van der Waals surface area (Å²) in [5.41, 5.74) is 2.06. The molecule has 150 valence electrons. The lowest BCUT2D eigenvalue weighted by atomic mass is 9.90. The van der Waals surface area contributed by atoms with Crippen molar-refractivity contribution in [2.45, 2.75) is 31.2 Å². The first kappa shape index (κ1) is 19.9. The van der Waals surface area contributed by atoms with Gasteiger partial charge in [-0.2, -0.15) is 0 Å². The lowest BCUT2D eigenvalue weighted by molar-refractivity contribution is -0.122. The van der Waals surface area contributed by atoms with Crippen LogP contribution in [-0.2, 0) is 4.79 Å². The van der Waals surface area contributed by atoms with Gasteiger partial charge in [0.05, 0.1) is 12.0 Å². The second kappa shape index (κ2) is 9.86. The molecule has 1 N–H and O–H groups in total. The summed E-state index contributed by atoms with van der Waals surface area (Å²) in [7, 11) is 0. The van der Waals surface area contributed by atoms with Gasteiger partial charge < -0.3 is 5.32 Å². The van der Waals surface area contributed by atoms with E-state index >= 15 is 0 Å². The molecule has 4 heteroatoms. The maximum absolute atomic E-state index is 13.4. The minimum atomic E-state index is -0.289. The largest absolute Gasteiger partial charge is 0.353 e. The maximum atomic E-state index is 13.4. The van der Waals surface area contributed by atoms with Crippen molar-refractivity contribution in [2.24, 2.45) is 0 Å². The Balaban J connectivity index is 1.53. The molecule has 1 saturated heterocycles. The van der Waals surface area contributed by atoms with Crippen LogP contribution in [-0.4, -0.2) is 30.4 Å². The third-order valence-corrected chi connectivity index (χ3v) is 6.67. The van der Waals surface area contributed by atoms with Gasteiger partial charge >= 0.3 is 0 Å². The SMILES string of the molecule is O=C(NCC(c1cccs1)N1CCCCC1)C(c1ccccc1)c1ccccc1. The predicted molar refractivity (Wildman–Crippen MR) is 120 cm³/mol. The van der Waals surface area contributed by atoms with Crippen LogP contribution in [0.2, 0.25) is 0 Å². The molecule has 1 unspecified atom stereocenters. The smallest absolute Gasteiger partial charge is 0.232 e. The van der Waals surface area contributed by atoms with Crippen molar-refractivity contribution in [1.82, 2.24) is 10.2 Å². The fourth-order valence-corrected chi connectivity index (χ4v) is 5.07. The lowest BCUT2D eigenvalue weighted by Gasteiger charge is -2.34. The minimum absolute atomic E-state index is 0.0703. The van der Waals surface area contributed by atoms with Crippen LogP contribution in [0.5, 0.6) is 0 Å². The van der Waals surface area contributed by atoms with Crippen LogP contribution in [0.3, 0.4) is 0 Å². The fraction of sp³-hybridized carbons (Fsp3) is 0.320. The van der Waals surface area contributed by atoms with Crippen LogP contribution in [0.1, 0.15) is 47.2 Å². The Labute approximate surface area is 177 Å².